The number of imide groups is 1. The first-order valence-corrected chi connectivity index (χ1v) is 7.94. The van der Waals surface area contributed by atoms with Crippen LogP contribution in [0.1, 0.15) is 21.7 Å². The van der Waals surface area contributed by atoms with Gasteiger partial charge < -0.3 is 23.9 Å². The molecule has 144 valence electrons. The van der Waals surface area contributed by atoms with Crippen molar-refractivity contribution < 1.29 is 33.0 Å². The summed E-state index contributed by atoms with van der Waals surface area (Å²) < 4.78 is 20.3. The minimum absolute atomic E-state index is 0.120. The first kappa shape index (κ1) is 19.8. The van der Waals surface area contributed by atoms with E-state index >= 15 is 0 Å². The minimum Gasteiger partial charge on any atom is -0.496 e. The van der Waals surface area contributed by atoms with Crippen LogP contribution >= 0.6 is 0 Å². The van der Waals surface area contributed by atoms with Crippen LogP contribution in [-0.2, 0) is 16.1 Å². The maximum atomic E-state index is 12.1. The zero-order valence-corrected chi connectivity index (χ0v) is 15.2. The van der Waals surface area contributed by atoms with Crippen molar-refractivity contribution in [1.82, 2.24) is 10.6 Å². The van der Waals surface area contributed by atoms with Crippen LogP contribution in [0.25, 0.3) is 0 Å². The summed E-state index contributed by atoms with van der Waals surface area (Å²) in [7, 11) is 2.93. The molecule has 2 N–H and O–H groups in total. The molecule has 27 heavy (non-hydrogen) atoms. The van der Waals surface area contributed by atoms with Crippen LogP contribution in [0, 0.1) is 6.92 Å². The maximum absolute atomic E-state index is 12.1. The molecule has 1 aromatic heterocycles. The Morgan fingerprint density at radius 2 is 1.78 bits per heavy atom. The van der Waals surface area contributed by atoms with Crippen LogP contribution in [0.5, 0.6) is 11.5 Å². The minimum atomic E-state index is -0.772. The molecule has 0 aliphatic carbocycles. The number of ether oxygens (including phenoxy) is 3. The van der Waals surface area contributed by atoms with Crippen molar-refractivity contribution in [3.63, 3.8) is 0 Å². The molecular formula is C18H20N2O7. The lowest BCUT2D eigenvalue weighted by atomic mass is 10.1. The van der Waals surface area contributed by atoms with E-state index in [0.717, 1.165) is 5.56 Å². The molecule has 3 amide bonds. The second-order valence-corrected chi connectivity index (χ2v) is 5.39. The highest BCUT2D eigenvalue weighted by molar-refractivity contribution is 5.97. The molecule has 0 atom stereocenters. The molecule has 0 unspecified atom stereocenters. The number of amides is 3. The lowest BCUT2D eigenvalue weighted by Gasteiger charge is -2.12. The summed E-state index contributed by atoms with van der Waals surface area (Å²) >= 11 is 0. The monoisotopic (exact) mass is 376 g/mol. The molecule has 9 nitrogen and oxygen atoms in total. The van der Waals surface area contributed by atoms with Crippen molar-refractivity contribution in [1.29, 1.82) is 0 Å². The number of esters is 1. The number of furan rings is 1. The van der Waals surface area contributed by atoms with E-state index in [4.69, 9.17) is 18.6 Å². The first-order valence-electron chi connectivity index (χ1n) is 7.94. The van der Waals surface area contributed by atoms with Crippen molar-refractivity contribution in [2.24, 2.45) is 0 Å². The van der Waals surface area contributed by atoms with E-state index in [1.165, 1.54) is 32.6 Å². The smallest absolute Gasteiger partial charge is 0.338 e. The fourth-order valence-corrected chi connectivity index (χ4v) is 2.21. The molecule has 2 rings (SSSR count). The lowest BCUT2D eigenvalue weighted by molar-refractivity contribution is -0.123. The number of hydrogen-bond acceptors (Lipinski definition) is 7. The summed E-state index contributed by atoms with van der Waals surface area (Å²) in [4.78, 5) is 35.5. The predicted molar refractivity (Wildman–Crippen MR) is 93.7 cm³/mol. The summed E-state index contributed by atoms with van der Waals surface area (Å²) in [6.07, 6.45) is 1.47. The molecule has 2 aromatic rings. The van der Waals surface area contributed by atoms with Gasteiger partial charge in [-0.05, 0) is 31.2 Å². The second-order valence-electron chi connectivity index (χ2n) is 5.39. The summed E-state index contributed by atoms with van der Waals surface area (Å²) in [6, 6.07) is 5.58. The number of urea groups is 1. The Hall–Kier alpha value is -3.49. The molecule has 0 aliphatic heterocycles. The van der Waals surface area contributed by atoms with Gasteiger partial charge in [0.15, 0.2) is 6.61 Å². The number of carbonyl (C=O) groups is 3. The molecule has 1 aromatic carbocycles. The molecule has 0 aliphatic rings. The summed E-state index contributed by atoms with van der Waals surface area (Å²) in [6.45, 7) is 1.28. The van der Waals surface area contributed by atoms with E-state index in [1.807, 2.05) is 5.32 Å². The topological polar surface area (TPSA) is 116 Å². The summed E-state index contributed by atoms with van der Waals surface area (Å²) in [5, 5.41) is 4.48. The zero-order chi connectivity index (χ0) is 19.8. The third-order valence-electron chi connectivity index (χ3n) is 3.58. The second kappa shape index (κ2) is 9.27. The van der Waals surface area contributed by atoms with Crippen molar-refractivity contribution in [3.8, 4) is 11.5 Å². The molecule has 9 heteroatoms. The Kier molecular flexibility index (Phi) is 6.81. The van der Waals surface area contributed by atoms with Gasteiger partial charge in [-0.15, -0.1) is 0 Å². The van der Waals surface area contributed by atoms with Gasteiger partial charge in [0.1, 0.15) is 17.3 Å². The molecule has 0 saturated heterocycles. The average molecular weight is 376 g/mol. The van der Waals surface area contributed by atoms with Crippen molar-refractivity contribution >= 4 is 17.9 Å². The number of rotatable bonds is 7. The van der Waals surface area contributed by atoms with Gasteiger partial charge in [0.05, 0.1) is 32.6 Å². The Balaban J connectivity index is 1.85. The third-order valence-corrected chi connectivity index (χ3v) is 3.58. The van der Waals surface area contributed by atoms with E-state index in [2.05, 4.69) is 5.32 Å². The van der Waals surface area contributed by atoms with E-state index in [0.29, 0.717) is 17.3 Å². The van der Waals surface area contributed by atoms with Crippen LogP contribution in [0.3, 0.4) is 0 Å². The molecule has 0 fully saturated rings. The van der Waals surface area contributed by atoms with Crippen LogP contribution < -0.4 is 20.1 Å². The zero-order valence-electron chi connectivity index (χ0n) is 15.2. The number of benzene rings is 1. The normalized spacial score (nSPS) is 10.0. The van der Waals surface area contributed by atoms with E-state index in [-0.39, 0.29) is 12.1 Å². The van der Waals surface area contributed by atoms with Crippen LogP contribution in [0.4, 0.5) is 4.79 Å². The van der Waals surface area contributed by atoms with Gasteiger partial charge in [0.25, 0.3) is 5.91 Å². The Bertz CT molecular complexity index is 790. The fraction of sp³-hybridized carbons (Fsp3) is 0.278. The van der Waals surface area contributed by atoms with Crippen molar-refractivity contribution in [3.05, 3.63) is 47.4 Å². The number of hydrogen-bond donors (Lipinski definition) is 2. The fourth-order valence-electron chi connectivity index (χ4n) is 2.21. The quantitative estimate of drug-likeness (QED) is 0.708. The molecule has 0 radical (unpaired) electrons. The van der Waals surface area contributed by atoms with Gasteiger partial charge >= 0.3 is 12.0 Å². The maximum Gasteiger partial charge on any atom is 0.338 e. The average Bonchev–Trinajstić information content (AvgIpc) is 3.18. The van der Waals surface area contributed by atoms with Gasteiger partial charge in [-0.2, -0.15) is 0 Å². The molecule has 0 saturated carbocycles. The highest BCUT2D eigenvalue weighted by Gasteiger charge is 2.16. The van der Waals surface area contributed by atoms with Gasteiger partial charge in [0.2, 0.25) is 0 Å². The van der Waals surface area contributed by atoms with Gasteiger partial charge in [-0.25, -0.2) is 9.59 Å². The molecular weight excluding hydrogens is 356 g/mol. The van der Waals surface area contributed by atoms with Crippen LogP contribution in [0.2, 0.25) is 0 Å². The molecule has 1 heterocycles. The predicted octanol–water partition coefficient (Wildman–Crippen LogP) is 1.79. The molecule has 0 bridgehead atoms. The SMILES string of the molecule is COc1cc(C(=O)OCC(=O)NC(=O)NCc2ccco2)cc(OC)c1C. The summed E-state index contributed by atoms with van der Waals surface area (Å²) in [5.41, 5.74) is 0.881. The van der Waals surface area contributed by atoms with Gasteiger partial charge in [0, 0.05) is 5.56 Å². The number of carbonyl (C=O) groups excluding carboxylic acids is 3. The largest absolute Gasteiger partial charge is 0.496 e. The van der Waals surface area contributed by atoms with E-state index in [1.54, 1.807) is 19.1 Å². The first-order chi connectivity index (χ1) is 12.9. The number of nitrogens with one attached hydrogen (secondary N) is 2. The van der Waals surface area contributed by atoms with E-state index in [9.17, 15) is 14.4 Å². The van der Waals surface area contributed by atoms with Crippen LogP contribution in [-0.4, -0.2) is 38.7 Å². The summed E-state index contributed by atoms with van der Waals surface area (Å²) in [5.74, 6) is -0.0958. The third kappa shape index (κ3) is 5.50. The van der Waals surface area contributed by atoms with Crippen molar-refractivity contribution in [2.75, 3.05) is 20.8 Å². The highest BCUT2D eigenvalue weighted by atomic mass is 16.5. The highest BCUT2D eigenvalue weighted by Crippen LogP contribution is 2.29. The molecule has 0 spiro atoms. The van der Waals surface area contributed by atoms with E-state index < -0.39 is 24.5 Å². The van der Waals surface area contributed by atoms with Gasteiger partial charge in [-0.3, -0.25) is 10.1 Å². The lowest BCUT2D eigenvalue weighted by Crippen LogP contribution is -2.41. The Morgan fingerprint density at radius 3 is 2.33 bits per heavy atom. The number of methoxy groups -OCH3 is 2. The Morgan fingerprint density at radius 1 is 1.11 bits per heavy atom. The van der Waals surface area contributed by atoms with Gasteiger partial charge in [-0.1, -0.05) is 0 Å². The Labute approximate surface area is 155 Å². The van der Waals surface area contributed by atoms with Crippen LogP contribution in [0.15, 0.2) is 34.9 Å². The standard InChI is InChI=1S/C18H20N2O7/c1-11-14(24-2)7-12(8-15(11)25-3)17(22)27-10-16(21)20-18(23)19-9-13-5-4-6-26-13/h4-8H,9-10H2,1-3H3,(H2,19,20,21,23). The van der Waals surface area contributed by atoms with Crippen molar-refractivity contribution in [2.45, 2.75) is 13.5 Å².